The first-order valence-electron chi connectivity index (χ1n) is 10.6. The second-order valence-electron chi connectivity index (χ2n) is 7.93. The maximum absolute atomic E-state index is 6.65. The number of hydrogen-bond acceptors (Lipinski definition) is 7. The molecule has 0 aliphatic carbocycles. The van der Waals surface area contributed by atoms with Gasteiger partial charge in [-0.3, -0.25) is 0 Å². The van der Waals surface area contributed by atoms with E-state index in [0.717, 1.165) is 55.0 Å². The number of aromatic nitrogens is 2. The molecule has 2 fully saturated rings. The molecular formula is C23H25ClN4O3. The highest BCUT2D eigenvalue weighted by Crippen LogP contribution is 2.32. The van der Waals surface area contributed by atoms with Gasteiger partial charge in [0.05, 0.1) is 23.9 Å². The zero-order valence-electron chi connectivity index (χ0n) is 17.5. The lowest BCUT2D eigenvalue weighted by Crippen LogP contribution is -2.28. The van der Waals surface area contributed by atoms with E-state index in [-0.39, 0.29) is 6.29 Å². The van der Waals surface area contributed by atoms with E-state index in [1.54, 1.807) is 0 Å². The Morgan fingerprint density at radius 2 is 1.84 bits per heavy atom. The molecule has 2 aromatic carbocycles. The summed E-state index contributed by atoms with van der Waals surface area (Å²) in [5.41, 5.74) is 3.64. The number of halogens is 1. The molecule has 0 unspecified atom stereocenters. The Bertz CT molecular complexity index is 1050. The predicted octanol–water partition coefficient (Wildman–Crippen LogP) is 4.24. The highest BCUT2D eigenvalue weighted by Gasteiger charge is 2.20. The number of likely N-dealkylation sites (N-methyl/N-ethyl adjacent to an activating group) is 1. The van der Waals surface area contributed by atoms with Crippen molar-refractivity contribution >= 4 is 17.3 Å². The number of anilines is 1. The highest BCUT2D eigenvalue weighted by molar-refractivity contribution is 6.33. The molecule has 5 rings (SSSR count). The SMILES string of the molecule is CN1CCCN(c2ccc(-c3noc(-c4cccc(C5OCCO5)c4)n3)cc2Cl)CC1. The van der Waals surface area contributed by atoms with Crippen LogP contribution in [0.3, 0.4) is 0 Å². The third kappa shape index (κ3) is 4.45. The fraction of sp³-hybridized carbons (Fsp3) is 0.391. The van der Waals surface area contributed by atoms with E-state index in [1.807, 2.05) is 36.4 Å². The summed E-state index contributed by atoms with van der Waals surface area (Å²) in [6, 6.07) is 13.8. The van der Waals surface area contributed by atoms with Crippen molar-refractivity contribution in [2.45, 2.75) is 12.7 Å². The number of nitrogens with zero attached hydrogens (tertiary/aromatic N) is 4. The smallest absolute Gasteiger partial charge is 0.258 e. The second-order valence-corrected chi connectivity index (χ2v) is 8.34. The highest BCUT2D eigenvalue weighted by atomic mass is 35.5. The molecule has 3 heterocycles. The van der Waals surface area contributed by atoms with Gasteiger partial charge in [0.25, 0.3) is 5.89 Å². The van der Waals surface area contributed by atoms with E-state index in [0.29, 0.717) is 30.0 Å². The Morgan fingerprint density at radius 1 is 0.968 bits per heavy atom. The Balaban J connectivity index is 1.36. The van der Waals surface area contributed by atoms with Crippen LogP contribution in [0.15, 0.2) is 47.0 Å². The molecule has 2 aliphatic heterocycles. The minimum atomic E-state index is -0.340. The first-order chi connectivity index (χ1) is 15.2. The van der Waals surface area contributed by atoms with Gasteiger partial charge in [-0.15, -0.1) is 0 Å². The Kier molecular flexibility index (Phi) is 5.91. The molecule has 2 aliphatic rings. The van der Waals surface area contributed by atoms with E-state index < -0.39 is 0 Å². The molecule has 0 radical (unpaired) electrons. The van der Waals surface area contributed by atoms with Crippen LogP contribution >= 0.6 is 11.6 Å². The van der Waals surface area contributed by atoms with Crippen LogP contribution in [-0.4, -0.2) is 61.5 Å². The summed E-state index contributed by atoms with van der Waals surface area (Å²) in [4.78, 5) is 9.28. The average molecular weight is 441 g/mol. The quantitative estimate of drug-likeness (QED) is 0.601. The zero-order chi connectivity index (χ0) is 21.2. The summed E-state index contributed by atoms with van der Waals surface area (Å²) in [7, 11) is 2.16. The molecular weight excluding hydrogens is 416 g/mol. The number of hydrogen-bond donors (Lipinski definition) is 0. The third-order valence-corrected chi connectivity index (χ3v) is 6.02. The van der Waals surface area contributed by atoms with E-state index >= 15 is 0 Å². The molecule has 3 aromatic rings. The van der Waals surface area contributed by atoms with Gasteiger partial charge in [-0.25, -0.2) is 0 Å². The first-order valence-corrected chi connectivity index (χ1v) is 11.0. The molecule has 7 nitrogen and oxygen atoms in total. The topological polar surface area (TPSA) is 63.9 Å². The summed E-state index contributed by atoms with van der Waals surface area (Å²) in [5, 5.41) is 4.87. The van der Waals surface area contributed by atoms with Crippen molar-refractivity contribution in [2.24, 2.45) is 0 Å². The maximum atomic E-state index is 6.65. The van der Waals surface area contributed by atoms with Crippen molar-refractivity contribution < 1.29 is 14.0 Å². The molecule has 0 spiro atoms. The lowest BCUT2D eigenvalue weighted by Gasteiger charge is -2.24. The average Bonchev–Trinajstić information content (AvgIpc) is 3.45. The summed E-state index contributed by atoms with van der Waals surface area (Å²) >= 11 is 6.65. The lowest BCUT2D eigenvalue weighted by molar-refractivity contribution is -0.0440. The maximum Gasteiger partial charge on any atom is 0.258 e. The first kappa shape index (κ1) is 20.5. The third-order valence-electron chi connectivity index (χ3n) is 5.72. The summed E-state index contributed by atoms with van der Waals surface area (Å²) in [6.45, 7) is 5.31. The van der Waals surface area contributed by atoms with E-state index in [4.69, 9.17) is 25.6 Å². The van der Waals surface area contributed by atoms with Crippen molar-refractivity contribution in [1.29, 1.82) is 0 Å². The number of rotatable bonds is 4. The molecule has 0 N–H and O–H groups in total. The zero-order valence-corrected chi connectivity index (χ0v) is 18.2. The fourth-order valence-electron chi connectivity index (χ4n) is 4.02. The van der Waals surface area contributed by atoms with Crippen LogP contribution in [0.2, 0.25) is 5.02 Å². The van der Waals surface area contributed by atoms with Crippen molar-refractivity contribution in [3.8, 4) is 22.8 Å². The van der Waals surface area contributed by atoms with Crippen LogP contribution in [0.5, 0.6) is 0 Å². The van der Waals surface area contributed by atoms with Crippen LogP contribution in [-0.2, 0) is 9.47 Å². The Labute approximate surface area is 186 Å². The van der Waals surface area contributed by atoms with Gasteiger partial charge in [-0.2, -0.15) is 4.98 Å². The largest absolute Gasteiger partial charge is 0.369 e. The summed E-state index contributed by atoms with van der Waals surface area (Å²) < 4.78 is 16.7. The van der Waals surface area contributed by atoms with Crippen LogP contribution < -0.4 is 4.90 Å². The van der Waals surface area contributed by atoms with Gasteiger partial charge < -0.3 is 23.8 Å². The van der Waals surface area contributed by atoms with Gasteiger partial charge in [0.2, 0.25) is 5.82 Å². The number of ether oxygens (including phenoxy) is 2. The van der Waals surface area contributed by atoms with Gasteiger partial charge in [-0.1, -0.05) is 28.9 Å². The van der Waals surface area contributed by atoms with Crippen molar-refractivity contribution in [1.82, 2.24) is 15.0 Å². The van der Waals surface area contributed by atoms with Gasteiger partial charge in [0, 0.05) is 36.3 Å². The molecule has 0 amide bonds. The molecule has 0 atom stereocenters. The number of benzene rings is 2. The van der Waals surface area contributed by atoms with Gasteiger partial charge in [-0.05, 0) is 50.3 Å². The lowest BCUT2D eigenvalue weighted by atomic mass is 10.1. The second kappa shape index (κ2) is 8.96. The molecule has 2 saturated heterocycles. The molecule has 8 heteroatoms. The summed E-state index contributed by atoms with van der Waals surface area (Å²) in [5.74, 6) is 0.962. The van der Waals surface area contributed by atoms with Crippen LogP contribution in [0.25, 0.3) is 22.8 Å². The predicted molar refractivity (Wildman–Crippen MR) is 119 cm³/mol. The monoisotopic (exact) mass is 440 g/mol. The normalized spacial score (nSPS) is 18.5. The van der Waals surface area contributed by atoms with Gasteiger partial charge in [0.1, 0.15) is 0 Å². The molecule has 1 aromatic heterocycles. The van der Waals surface area contributed by atoms with E-state index in [9.17, 15) is 0 Å². The van der Waals surface area contributed by atoms with Crippen molar-refractivity contribution in [3.05, 3.63) is 53.1 Å². The standard InChI is InChI=1S/C23H25ClN4O3/c1-27-8-3-9-28(11-10-27)20-7-6-16(15-19(20)24)21-25-22(31-26-21)17-4-2-5-18(14-17)23-29-12-13-30-23/h2,4-7,14-15,23H,3,8-13H2,1H3. The van der Waals surface area contributed by atoms with Gasteiger partial charge in [0.15, 0.2) is 6.29 Å². The van der Waals surface area contributed by atoms with E-state index in [2.05, 4.69) is 33.1 Å². The molecule has 0 saturated carbocycles. The molecule has 162 valence electrons. The van der Waals surface area contributed by atoms with Crippen LogP contribution in [0.4, 0.5) is 5.69 Å². The molecule has 31 heavy (non-hydrogen) atoms. The minimum Gasteiger partial charge on any atom is -0.369 e. The van der Waals surface area contributed by atoms with Gasteiger partial charge >= 0.3 is 0 Å². The minimum absolute atomic E-state index is 0.340. The molecule has 0 bridgehead atoms. The van der Waals surface area contributed by atoms with Crippen molar-refractivity contribution in [2.75, 3.05) is 51.3 Å². The Hall–Kier alpha value is -2.45. The van der Waals surface area contributed by atoms with Crippen LogP contribution in [0, 0.1) is 0 Å². The van der Waals surface area contributed by atoms with Crippen LogP contribution in [0.1, 0.15) is 18.3 Å². The summed E-state index contributed by atoms with van der Waals surface area (Å²) in [6.07, 6.45) is 0.783. The fourth-order valence-corrected chi connectivity index (χ4v) is 4.32. The van der Waals surface area contributed by atoms with Crippen molar-refractivity contribution in [3.63, 3.8) is 0 Å². The Morgan fingerprint density at radius 3 is 2.68 bits per heavy atom. The van der Waals surface area contributed by atoms with E-state index in [1.165, 1.54) is 0 Å².